The van der Waals surface area contributed by atoms with E-state index in [1.54, 1.807) is 18.3 Å². The fourth-order valence-corrected chi connectivity index (χ4v) is 1.64. The van der Waals surface area contributed by atoms with Crippen molar-refractivity contribution in [3.05, 3.63) is 59.8 Å². The third-order valence-corrected chi connectivity index (χ3v) is 2.58. The lowest BCUT2D eigenvalue weighted by molar-refractivity contribution is 0.873. The number of nitriles is 1. The molecule has 0 amide bonds. The van der Waals surface area contributed by atoms with Crippen molar-refractivity contribution in [2.24, 2.45) is 0 Å². The number of anilines is 1. The molecule has 0 aliphatic carbocycles. The molecular weight excluding hydrogens is 210 g/mol. The fourth-order valence-electron chi connectivity index (χ4n) is 1.64. The molecule has 0 saturated heterocycles. The highest BCUT2D eigenvalue weighted by Gasteiger charge is 2.08. The first-order valence-corrected chi connectivity index (χ1v) is 5.48. The van der Waals surface area contributed by atoms with Crippen molar-refractivity contribution < 1.29 is 0 Å². The van der Waals surface area contributed by atoms with E-state index in [4.69, 9.17) is 5.26 Å². The van der Waals surface area contributed by atoms with E-state index in [9.17, 15) is 0 Å². The van der Waals surface area contributed by atoms with E-state index in [-0.39, 0.29) is 6.04 Å². The average Bonchev–Trinajstić information content (AvgIpc) is 2.40. The Labute approximate surface area is 101 Å². The van der Waals surface area contributed by atoms with E-state index in [0.29, 0.717) is 11.4 Å². The summed E-state index contributed by atoms with van der Waals surface area (Å²) >= 11 is 0. The number of benzene rings is 1. The van der Waals surface area contributed by atoms with Crippen LogP contribution in [0, 0.1) is 11.3 Å². The second kappa shape index (κ2) is 5.13. The van der Waals surface area contributed by atoms with Crippen LogP contribution in [0.5, 0.6) is 0 Å². The zero-order valence-corrected chi connectivity index (χ0v) is 9.59. The topological polar surface area (TPSA) is 48.7 Å². The number of pyridine rings is 1. The monoisotopic (exact) mass is 223 g/mol. The quantitative estimate of drug-likeness (QED) is 0.869. The number of nitrogens with zero attached hydrogens (tertiary/aromatic N) is 2. The number of aromatic nitrogens is 1. The lowest BCUT2D eigenvalue weighted by Gasteiger charge is -2.15. The second-order valence-electron chi connectivity index (χ2n) is 3.79. The van der Waals surface area contributed by atoms with E-state index < -0.39 is 0 Å². The van der Waals surface area contributed by atoms with E-state index in [1.165, 1.54) is 5.56 Å². The molecule has 2 rings (SSSR count). The van der Waals surface area contributed by atoms with Crippen molar-refractivity contribution in [3.8, 4) is 6.07 Å². The molecule has 2 aromatic rings. The van der Waals surface area contributed by atoms with Gasteiger partial charge in [0.1, 0.15) is 11.9 Å². The minimum atomic E-state index is 0.123. The maximum Gasteiger partial charge on any atom is 0.144 e. The molecule has 3 heteroatoms. The van der Waals surface area contributed by atoms with Crippen LogP contribution in [0.4, 0.5) is 5.82 Å². The van der Waals surface area contributed by atoms with Crippen molar-refractivity contribution in [2.45, 2.75) is 13.0 Å². The number of nitrogens with one attached hydrogen (secondary N) is 1. The van der Waals surface area contributed by atoms with Crippen LogP contribution in [-0.2, 0) is 0 Å². The van der Waals surface area contributed by atoms with Crippen molar-refractivity contribution in [1.29, 1.82) is 5.26 Å². The predicted molar refractivity (Wildman–Crippen MR) is 67.4 cm³/mol. The lowest BCUT2D eigenvalue weighted by Crippen LogP contribution is -2.08. The summed E-state index contributed by atoms with van der Waals surface area (Å²) in [4.78, 5) is 4.18. The molecule has 1 aromatic heterocycles. The number of hydrogen-bond acceptors (Lipinski definition) is 3. The third-order valence-electron chi connectivity index (χ3n) is 2.58. The first kappa shape index (κ1) is 11.2. The Balaban J connectivity index is 2.19. The zero-order chi connectivity index (χ0) is 12.1. The molecular formula is C14H13N3. The van der Waals surface area contributed by atoms with Crippen LogP contribution in [-0.4, -0.2) is 4.98 Å². The Morgan fingerprint density at radius 2 is 1.94 bits per heavy atom. The molecule has 0 radical (unpaired) electrons. The Kier molecular flexibility index (Phi) is 3.37. The first-order chi connectivity index (χ1) is 8.31. The van der Waals surface area contributed by atoms with Gasteiger partial charge in [-0.05, 0) is 24.6 Å². The maximum absolute atomic E-state index is 8.97. The molecule has 1 atom stereocenters. The van der Waals surface area contributed by atoms with Gasteiger partial charge in [-0.2, -0.15) is 5.26 Å². The summed E-state index contributed by atoms with van der Waals surface area (Å²) in [5, 5.41) is 12.2. The number of rotatable bonds is 3. The summed E-state index contributed by atoms with van der Waals surface area (Å²) in [6.45, 7) is 2.05. The van der Waals surface area contributed by atoms with Gasteiger partial charge in [-0.3, -0.25) is 0 Å². The molecule has 1 aromatic carbocycles. The van der Waals surface area contributed by atoms with E-state index in [1.807, 2.05) is 37.3 Å². The molecule has 3 nitrogen and oxygen atoms in total. The summed E-state index contributed by atoms with van der Waals surface area (Å²) in [5.41, 5.74) is 1.73. The second-order valence-corrected chi connectivity index (χ2v) is 3.79. The van der Waals surface area contributed by atoms with Crippen molar-refractivity contribution in [2.75, 3.05) is 5.32 Å². The molecule has 0 spiro atoms. The average molecular weight is 223 g/mol. The summed E-state index contributed by atoms with van der Waals surface area (Å²) in [6.07, 6.45) is 1.68. The van der Waals surface area contributed by atoms with Gasteiger partial charge >= 0.3 is 0 Å². The molecule has 17 heavy (non-hydrogen) atoms. The largest absolute Gasteiger partial charge is 0.362 e. The van der Waals surface area contributed by atoms with Crippen LogP contribution in [0.25, 0.3) is 0 Å². The van der Waals surface area contributed by atoms with Gasteiger partial charge in [-0.1, -0.05) is 30.3 Å². The predicted octanol–water partition coefficient (Wildman–Crippen LogP) is 3.13. The summed E-state index contributed by atoms with van der Waals surface area (Å²) < 4.78 is 0. The molecule has 0 saturated carbocycles. The van der Waals surface area contributed by atoms with Gasteiger partial charge in [0.25, 0.3) is 0 Å². The van der Waals surface area contributed by atoms with E-state index in [2.05, 4.69) is 16.4 Å². The van der Waals surface area contributed by atoms with Crippen molar-refractivity contribution >= 4 is 5.82 Å². The summed E-state index contributed by atoms with van der Waals surface area (Å²) in [7, 11) is 0. The Bertz CT molecular complexity index is 529. The molecule has 1 N–H and O–H groups in total. The first-order valence-electron chi connectivity index (χ1n) is 5.48. The third kappa shape index (κ3) is 2.61. The molecule has 0 fully saturated rings. The normalized spacial score (nSPS) is 11.5. The molecule has 1 heterocycles. The van der Waals surface area contributed by atoms with Gasteiger partial charge in [0.05, 0.1) is 5.56 Å². The minimum Gasteiger partial charge on any atom is -0.362 e. The molecule has 84 valence electrons. The van der Waals surface area contributed by atoms with Gasteiger partial charge in [0.15, 0.2) is 0 Å². The van der Waals surface area contributed by atoms with E-state index >= 15 is 0 Å². The Morgan fingerprint density at radius 1 is 1.18 bits per heavy atom. The lowest BCUT2D eigenvalue weighted by atomic mass is 10.1. The number of hydrogen-bond donors (Lipinski definition) is 1. The molecule has 0 unspecified atom stereocenters. The molecule has 0 aliphatic rings. The minimum absolute atomic E-state index is 0.123. The smallest absolute Gasteiger partial charge is 0.144 e. The van der Waals surface area contributed by atoms with Gasteiger partial charge in [0, 0.05) is 12.2 Å². The maximum atomic E-state index is 8.97. The summed E-state index contributed by atoms with van der Waals surface area (Å²) in [5.74, 6) is 0.631. The van der Waals surface area contributed by atoms with Crippen LogP contribution in [0.1, 0.15) is 24.1 Å². The highest BCUT2D eigenvalue weighted by atomic mass is 15.0. The van der Waals surface area contributed by atoms with Crippen LogP contribution < -0.4 is 5.32 Å². The highest BCUT2D eigenvalue weighted by molar-refractivity contribution is 5.52. The Morgan fingerprint density at radius 3 is 2.65 bits per heavy atom. The zero-order valence-electron chi connectivity index (χ0n) is 9.59. The van der Waals surface area contributed by atoms with Crippen LogP contribution >= 0.6 is 0 Å². The van der Waals surface area contributed by atoms with E-state index in [0.717, 1.165) is 0 Å². The SMILES string of the molecule is C[C@H](Nc1ncccc1C#N)c1ccccc1. The molecule has 0 aliphatic heterocycles. The van der Waals surface area contributed by atoms with Gasteiger partial charge in [-0.15, -0.1) is 0 Å². The van der Waals surface area contributed by atoms with Crippen LogP contribution in [0.2, 0.25) is 0 Å². The molecule has 0 bridgehead atoms. The Hall–Kier alpha value is -2.34. The summed E-state index contributed by atoms with van der Waals surface area (Å²) in [6, 6.07) is 15.8. The standard InChI is InChI=1S/C14H13N3/c1-11(12-6-3-2-4-7-12)17-14-13(10-15)8-5-9-16-14/h2-9,11H,1H3,(H,16,17)/t11-/m0/s1. The van der Waals surface area contributed by atoms with Crippen molar-refractivity contribution in [3.63, 3.8) is 0 Å². The highest BCUT2D eigenvalue weighted by Crippen LogP contribution is 2.19. The van der Waals surface area contributed by atoms with Gasteiger partial charge in [-0.25, -0.2) is 4.98 Å². The van der Waals surface area contributed by atoms with Gasteiger partial charge < -0.3 is 5.32 Å². The van der Waals surface area contributed by atoms with Crippen LogP contribution in [0.3, 0.4) is 0 Å². The van der Waals surface area contributed by atoms with Crippen LogP contribution in [0.15, 0.2) is 48.7 Å². The van der Waals surface area contributed by atoms with Gasteiger partial charge in [0.2, 0.25) is 0 Å². The fraction of sp³-hybridized carbons (Fsp3) is 0.143. The van der Waals surface area contributed by atoms with Crippen molar-refractivity contribution in [1.82, 2.24) is 4.98 Å².